The van der Waals surface area contributed by atoms with Crippen molar-refractivity contribution in [3.05, 3.63) is 149 Å². The molecule has 0 saturated heterocycles. The van der Waals surface area contributed by atoms with Crippen LogP contribution in [0, 0.1) is 5.41 Å². The Kier molecular flexibility index (Phi) is 7.12. The van der Waals surface area contributed by atoms with Crippen LogP contribution in [0.1, 0.15) is 39.6 Å². The molecule has 0 radical (unpaired) electrons. The SMILES string of the molecule is O=C(OCc1ccccc1)C1(CC=C=Cc2ccccc2)C(=O)c2ccccc2OC1c1ccccc1. The first kappa shape index (κ1) is 24.1. The van der Waals surface area contributed by atoms with Crippen molar-refractivity contribution in [1.82, 2.24) is 0 Å². The Balaban J connectivity index is 1.58. The van der Waals surface area contributed by atoms with E-state index in [0.29, 0.717) is 11.3 Å². The molecule has 0 spiro atoms. The predicted octanol–water partition coefficient (Wildman–Crippen LogP) is 6.99. The van der Waals surface area contributed by atoms with Crippen molar-refractivity contribution in [3.63, 3.8) is 0 Å². The van der Waals surface area contributed by atoms with E-state index in [2.05, 4.69) is 5.73 Å². The number of hydrogen-bond acceptors (Lipinski definition) is 4. The molecular weight excluding hydrogens is 460 g/mol. The Bertz CT molecular complexity index is 1440. The highest BCUT2D eigenvalue weighted by Crippen LogP contribution is 2.50. The van der Waals surface area contributed by atoms with Crippen LogP contribution >= 0.6 is 0 Å². The Labute approximate surface area is 216 Å². The van der Waals surface area contributed by atoms with Crippen molar-refractivity contribution in [3.8, 4) is 5.75 Å². The van der Waals surface area contributed by atoms with E-state index < -0.39 is 17.5 Å². The molecule has 182 valence electrons. The maximum absolute atomic E-state index is 14.2. The fourth-order valence-electron chi connectivity index (χ4n) is 4.58. The third-order valence-electron chi connectivity index (χ3n) is 6.50. The third kappa shape index (κ3) is 5.02. The maximum atomic E-state index is 14.2. The second kappa shape index (κ2) is 10.9. The average Bonchev–Trinajstić information content (AvgIpc) is 2.96. The molecular formula is C33H26O4. The summed E-state index contributed by atoms with van der Waals surface area (Å²) in [4.78, 5) is 28.2. The van der Waals surface area contributed by atoms with Gasteiger partial charge < -0.3 is 9.47 Å². The standard InChI is InChI=1S/C33H26O4/c34-30-28-21-10-11-22-29(28)37-31(27-19-8-3-9-20-27)33(30,23-13-12-16-25-14-4-1-5-15-25)32(35)36-24-26-17-6-2-7-18-26/h1-11,13-22,31H,23-24H2. The highest BCUT2D eigenvalue weighted by Gasteiger charge is 2.58. The third-order valence-corrected chi connectivity index (χ3v) is 6.50. The van der Waals surface area contributed by atoms with Crippen LogP contribution in [0.2, 0.25) is 0 Å². The van der Waals surface area contributed by atoms with Gasteiger partial charge in [-0.15, -0.1) is 5.73 Å². The van der Waals surface area contributed by atoms with Crippen LogP contribution in [0.5, 0.6) is 5.75 Å². The number of fused-ring (bicyclic) bond motifs is 1. The highest BCUT2D eigenvalue weighted by molar-refractivity contribution is 6.15. The second-order valence-electron chi connectivity index (χ2n) is 8.90. The van der Waals surface area contributed by atoms with Crippen LogP contribution in [0.15, 0.2) is 127 Å². The molecule has 4 heteroatoms. The molecule has 1 aliphatic rings. The molecule has 4 nitrogen and oxygen atoms in total. The summed E-state index contributed by atoms with van der Waals surface area (Å²) in [5.74, 6) is -0.488. The zero-order chi connectivity index (χ0) is 25.5. The zero-order valence-electron chi connectivity index (χ0n) is 20.2. The van der Waals surface area contributed by atoms with Gasteiger partial charge >= 0.3 is 5.97 Å². The van der Waals surface area contributed by atoms with E-state index >= 15 is 0 Å². The molecule has 0 N–H and O–H groups in total. The van der Waals surface area contributed by atoms with Gasteiger partial charge in [0.15, 0.2) is 11.2 Å². The van der Waals surface area contributed by atoms with Crippen LogP contribution in [-0.2, 0) is 16.1 Å². The number of Topliss-reactive ketones (excluding diaryl/α,β-unsaturated/α-hetero) is 1. The molecule has 0 aromatic heterocycles. The number of esters is 1. The lowest BCUT2D eigenvalue weighted by atomic mass is 9.69. The fraction of sp³-hybridized carbons (Fsp3) is 0.121. The van der Waals surface area contributed by atoms with E-state index in [9.17, 15) is 9.59 Å². The van der Waals surface area contributed by atoms with Gasteiger partial charge in [0.25, 0.3) is 0 Å². The molecule has 1 heterocycles. The van der Waals surface area contributed by atoms with Crippen molar-refractivity contribution < 1.29 is 19.1 Å². The number of hydrogen-bond donors (Lipinski definition) is 0. The first-order chi connectivity index (χ1) is 18.2. The summed E-state index contributed by atoms with van der Waals surface area (Å²) in [6, 6.07) is 35.6. The fourth-order valence-corrected chi connectivity index (χ4v) is 4.58. The van der Waals surface area contributed by atoms with Gasteiger partial charge in [0.1, 0.15) is 18.5 Å². The van der Waals surface area contributed by atoms with Crippen LogP contribution in [-0.4, -0.2) is 11.8 Å². The molecule has 0 fully saturated rings. The molecule has 1 aliphatic heterocycles. The summed E-state index contributed by atoms with van der Waals surface area (Å²) < 4.78 is 12.2. The summed E-state index contributed by atoms with van der Waals surface area (Å²) in [6.45, 7) is 0.0570. The van der Waals surface area contributed by atoms with Crippen LogP contribution in [0.25, 0.3) is 6.08 Å². The highest BCUT2D eigenvalue weighted by atomic mass is 16.5. The summed E-state index contributed by atoms with van der Waals surface area (Å²) in [5, 5.41) is 0. The normalized spacial score (nSPS) is 18.1. The Morgan fingerprint density at radius 3 is 2.19 bits per heavy atom. The number of ketones is 1. The van der Waals surface area contributed by atoms with Crippen molar-refractivity contribution in [2.24, 2.45) is 5.41 Å². The monoisotopic (exact) mass is 486 g/mol. The second-order valence-corrected chi connectivity index (χ2v) is 8.90. The first-order valence-corrected chi connectivity index (χ1v) is 12.2. The van der Waals surface area contributed by atoms with Gasteiger partial charge in [-0.05, 0) is 41.0 Å². The molecule has 0 aliphatic carbocycles. The van der Waals surface area contributed by atoms with Gasteiger partial charge in [-0.25, -0.2) is 0 Å². The quantitative estimate of drug-likeness (QED) is 0.160. The summed E-state index contributed by atoms with van der Waals surface area (Å²) in [6.07, 6.45) is 2.75. The van der Waals surface area contributed by atoms with Crippen LogP contribution in [0.3, 0.4) is 0 Å². The molecule has 0 bridgehead atoms. The molecule has 4 aromatic rings. The van der Waals surface area contributed by atoms with E-state index in [1.54, 1.807) is 24.3 Å². The van der Waals surface area contributed by atoms with Crippen LogP contribution < -0.4 is 4.74 Å². The van der Waals surface area contributed by atoms with Gasteiger partial charge in [0.05, 0.1) is 5.56 Å². The summed E-state index contributed by atoms with van der Waals surface area (Å²) in [5.41, 5.74) is 4.43. The van der Waals surface area contributed by atoms with Gasteiger partial charge in [-0.3, -0.25) is 9.59 Å². The topological polar surface area (TPSA) is 52.6 Å². The minimum absolute atomic E-state index is 0.0570. The number of carbonyl (C=O) groups excluding carboxylic acids is 2. The minimum Gasteiger partial charge on any atom is -0.483 e. The van der Waals surface area contributed by atoms with E-state index in [0.717, 1.165) is 16.7 Å². The Hall–Kier alpha value is -4.66. The molecule has 2 unspecified atom stereocenters. The van der Waals surface area contributed by atoms with Gasteiger partial charge in [0.2, 0.25) is 0 Å². The lowest BCUT2D eigenvalue weighted by Crippen LogP contribution is -2.50. The molecule has 5 rings (SSSR count). The van der Waals surface area contributed by atoms with E-state index in [-0.39, 0.29) is 18.8 Å². The predicted molar refractivity (Wildman–Crippen MR) is 143 cm³/mol. The number of allylic oxidation sites excluding steroid dienone is 1. The number of rotatable bonds is 7. The lowest BCUT2D eigenvalue weighted by molar-refractivity contribution is -0.160. The van der Waals surface area contributed by atoms with Crippen molar-refractivity contribution in [2.75, 3.05) is 0 Å². The minimum atomic E-state index is -1.62. The number of benzene rings is 4. The first-order valence-electron chi connectivity index (χ1n) is 12.2. The van der Waals surface area contributed by atoms with E-state index in [1.165, 1.54) is 0 Å². The summed E-state index contributed by atoms with van der Waals surface area (Å²) >= 11 is 0. The molecule has 0 amide bonds. The van der Waals surface area contributed by atoms with E-state index in [4.69, 9.17) is 9.47 Å². The summed E-state index contributed by atoms with van der Waals surface area (Å²) in [7, 11) is 0. The molecule has 0 saturated carbocycles. The van der Waals surface area contributed by atoms with Crippen molar-refractivity contribution >= 4 is 17.8 Å². The van der Waals surface area contributed by atoms with Crippen molar-refractivity contribution in [2.45, 2.75) is 19.1 Å². The average molecular weight is 487 g/mol. The van der Waals surface area contributed by atoms with Crippen molar-refractivity contribution in [1.29, 1.82) is 0 Å². The number of para-hydroxylation sites is 1. The number of ether oxygens (including phenoxy) is 2. The number of carbonyl (C=O) groups is 2. The Morgan fingerprint density at radius 1 is 0.838 bits per heavy atom. The smallest absolute Gasteiger partial charge is 0.324 e. The lowest BCUT2D eigenvalue weighted by Gasteiger charge is -2.40. The van der Waals surface area contributed by atoms with Gasteiger partial charge in [-0.2, -0.15) is 0 Å². The maximum Gasteiger partial charge on any atom is 0.324 e. The van der Waals surface area contributed by atoms with Gasteiger partial charge in [0, 0.05) is 6.42 Å². The van der Waals surface area contributed by atoms with Gasteiger partial charge in [-0.1, -0.05) is 103 Å². The zero-order valence-corrected chi connectivity index (χ0v) is 20.2. The molecule has 37 heavy (non-hydrogen) atoms. The van der Waals surface area contributed by atoms with Crippen LogP contribution in [0.4, 0.5) is 0 Å². The van der Waals surface area contributed by atoms with E-state index in [1.807, 2.05) is 103 Å². The molecule has 4 aromatic carbocycles. The molecule has 2 atom stereocenters. The largest absolute Gasteiger partial charge is 0.483 e. The Morgan fingerprint density at radius 2 is 1.46 bits per heavy atom.